The van der Waals surface area contributed by atoms with Crippen LogP contribution in [0.2, 0.25) is 0 Å². The molecule has 0 amide bonds. The van der Waals surface area contributed by atoms with Crippen molar-refractivity contribution in [2.75, 3.05) is 13.2 Å². The van der Waals surface area contributed by atoms with Gasteiger partial charge in [0, 0.05) is 5.41 Å². The lowest BCUT2D eigenvalue weighted by Gasteiger charge is -2.36. The first-order chi connectivity index (χ1) is 7.08. The first-order valence-electron chi connectivity index (χ1n) is 6.08. The SMILES string of the molecule is CCCCCC1=CC12OCC(C)(C)CO2. The predicted molar refractivity (Wildman–Crippen MR) is 60.6 cm³/mol. The number of rotatable bonds is 4. The van der Waals surface area contributed by atoms with E-state index in [1.807, 2.05) is 0 Å². The van der Waals surface area contributed by atoms with Crippen LogP contribution in [0.15, 0.2) is 11.6 Å². The zero-order valence-corrected chi connectivity index (χ0v) is 10.1. The smallest absolute Gasteiger partial charge is 0.211 e. The van der Waals surface area contributed by atoms with E-state index >= 15 is 0 Å². The second-order valence-electron chi connectivity index (χ2n) is 5.54. The van der Waals surface area contributed by atoms with Crippen molar-refractivity contribution in [1.82, 2.24) is 0 Å². The van der Waals surface area contributed by atoms with Crippen molar-refractivity contribution in [2.45, 2.75) is 52.2 Å². The molecule has 2 heteroatoms. The maximum atomic E-state index is 5.82. The van der Waals surface area contributed by atoms with Gasteiger partial charge in [-0.1, -0.05) is 33.6 Å². The summed E-state index contributed by atoms with van der Waals surface area (Å²) in [5.74, 6) is -0.358. The quantitative estimate of drug-likeness (QED) is 0.523. The zero-order chi connectivity index (χ0) is 10.9. The minimum atomic E-state index is -0.358. The molecule has 2 aliphatic rings. The summed E-state index contributed by atoms with van der Waals surface area (Å²) in [4.78, 5) is 0. The highest BCUT2D eigenvalue weighted by atomic mass is 16.7. The molecule has 0 atom stereocenters. The Hall–Kier alpha value is -0.340. The summed E-state index contributed by atoms with van der Waals surface area (Å²) in [5, 5.41) is 0. The van der Waals surface area contributed by atoms with Crippen LogP contribution in [0.1, 0.15) is 46.5 Å². The molecule has 0 aromatic rings. The molecule has 1 spiro atoms. The van der Waals surface area contributed by atoms with E-state index in [1.165, 1.54) is 24.8 Å². The highest BCUT2D eigenvalue weighted by molar-refractivity contribution is 5.39. The van der Waals surface area contributed by atoms with E-state index in [0.29, 0.717) is 0 Å². The summed E-state index contributed by atoms with van der Waals surface area (Å²) in [7, 11) is 0. The maximum absolute atomic E-state index is 5.82. The normalized spacial score (nSPS) is 26.5. The van der Waals surface area contributed by atoms with Gasteiger partial charge in [-0.25, -0.2) is 0 Å². The fourth-order valence-corrected chi connectivity index (χ4v) is 1.96. The average Bonchev–Trinajstić information content (AvgIpc) is 2.87. The van der Waals surface area contributed by atoms with Crippen molar-refractivity contribution in [3.05, 3.63) is 11.6 Å². The predicted octanol–water partition coefficient (Wildman–Crippen LogP) is 3.28. The Balaban J connectivity index is 1.74. The minimum absolute atomic E-state index is 0.177. The van der Waals surface area contributed by atoms with E-state index in [-0.39, 0.29) is 11.2 Å². The molecule has 0 aromatic carbocycles. The van der Waals surface area contributed by atoms with Gasteiger partial charge in [-0.05, 0) is 24.5 Å². The molecule has 0 aromatic heterocycles. The molecule has 1 saturated heterocycles. The lowest BCUT2D eigenvalue weighted by atomic mass is 9.95. The lowest BCUT2D eigenvalue weighted by molar-refractivity contribution is -0.230. The summed E-state index contributed by atoms with van der Waals surface area (Å²) >= 11 is 0. The maximum Gasteiger partial charge on any atom is 0.211 e. The van der Waals surface area contributed by atoms with E-state index in [2.05, 4.69) is 26.8 Å². The average molecular weight is 210 g/mol. The molecule has 1 aliphatic heterocycles. The molecule has 15 heavy (non-hydrogen) atoms. The van der Waals surface area contributed by atoms with E-state index in [9.17, 15) is 0 Å². The molecule has 0 radical (unpaired) electrons. The van der Waals surface area contributed by atoms with E-state index in [0.717, 1.165) is 19.6 Å². The van der Waals surface area contributed by atoms with Crippen molar-refractivity contribution in [2.24, 2.45) is 5.41 Å². The number of unbranched alkanes of at least 4 members (excludes halogenated alkanes) is 2. The minimum Gasteiger partial charge on any atom is -0.342 e. The second-order valence-corrected chi connectivity index (χ2v) is 5.54. The third-order valence-electron chi connectivity index (χ3n) is 3.13. The van der Waals surface area contributed by atoms with Gasteiger partial charge < -0.3 is 9.47 Å². The Kier molecular flexibility index (Phi) is 2.91. The van der Waals surface area contributed by atoms with Crippen LogP contribution < -0.4 is 0 Å². The van der Waals surface area contributed by atoms with Crippen molar-refractivity contribution in [3.8, 4) is 0 Å². The molecule has 2 nitrogen and oxygen atoms in total. The Morgan fingerprint density at radius 1 is 1.20 bits per heavy atom. The Bertz CT molecular complexity index is 256. The van der Waals surface area contributed by atoms with Crippen molar-refractivity contribution in [3.63, 3.8) is 0 Å². The Morgan fingerprint density at radius 2 is 1.87 bits per heavy atom. The molecule has 1 heterocycles. The number of hydrogen-bond donors (Lipinski definition) is 0. The molecule has 86 valence electrons. The molecular weight excluding hydrogens is 188 g/mol. The van der Waals surface area contributed by atoms with Crippen LogP contribution in [0.3, 0.4) is 0 Å². The molecular formula is C13H22O2. The van der Waals surface area contributed by atoms with Gasteiger partial charge in [0.1, 0.15) is 0 Å². The molecule has 2 rings (SSSR count). The van der Waals surface area contributed by atoms with Gasteiger partial charge in [-0.3, -0.25) is 0 Å². The summed E-state index contributed by atoms with van der Waals surface area (Å²) in [6.45, 7) is 8.20. The van der Waals surface area contributed by atoms with E-state index in [4.69, 9.17) is 9.47 Å². The molecule has 0 saturated carbocycles. The topological polar surface area (TPSA) is 18.5 Å². The number of ether oxygens (including phenoxy) is 2. The summed E-state index contributed by atoms with van der Waals surface area (Å²) in [5.41, 5.74) is 1.54. The monoisotopic (exact) mass is 210 g/mol. The summed E-state index contributed by atoms with van der Waals surface area (Å²) in [6, 6.07) is 0. The zero-order valence-electron chi connectivity index (χ0n) is 10.1. The van der Waals surface area contributed by atoms with Gasteiger partial charge in [0.15, 0.2) is 0 Å². The van der Waals surface area contributed by atoms with Gasteiger partial charge in [-0.2, -0.15) is 0 Å². The summed E-state index contributed by atoms with van der Waals surface area (Å²) < 4.78 is 11.6. The first-order valence-corrected chi connectivity index (χ1v) is 6.08. The highest BCUT2D eigenvalue weighted by Gasteiger charge is 2.50. The van der Waals surface area contributed by atoms with Crippen molar-refractivity contribution in [1.29, 1.82) is 0 Å². The largest absolute Gasteiger partial charge is 0.342 e. The summed E-state index contributed by atoms with van der Waals surface area (Å²) in [6.07, 6.45) is 7.14. The van der Waals surface area contributed by atoms with Crippen LogP contribution in [-0.2, 0) is 9.47 Å². The van der Waals surface area contributed by atoms with Crippen LogP contribution in [-0.4, -0.2) is 19.0 Å². The fourth-order valence-electron chi connectivity index (χ4n) is 1.96. The standard InChI is InChI=1S/C13H22O2/c1-4-5-6-7-11-8-13(11)14-9-12(2,3)10-15-13/h8H,4-7,9-10H2,1-3H3. The van der Waals surface area contributed by atoms with E-state index in [1.54, 1.807) is 0 Å². The molecule has 0 bridgehead atoms. The Morgan fingerprint density at radius 3 is 2.47 bits per heavy atom. The van der Waals surface area contributed by atoms with E-state index < -0.39 is 0 Å². The van der Waals surface area contributed by atoms with Crippen LogP contribution in [0, 0.1) is 5.41 Å². The highest BCUT2D eigenvalue weighted by Crippen LogP contribution is 2.47. The van der Waals surface area contributed by atoms with Crippen LogP contribution in [0.4, 0.5) is 0 Å². The second kappa shape index (κ2) is 3.91. The van der Waals surface area contributed by atoms with Gasteiger partial charge in [-0.15, -0.1) is 0 Å². The van der Waals surface area contributed by atoms with Crippen molar-refractivity contribution >= 4 is 0 Å². The van der Waals surface area contributed by atoms with Crippen LogP contribution in [0.5, 0.6) is 0 Å². The third kappa shape index (κ3) is 2.43. The lowest BCUT2D eigenvalue weighted by Crippen LogP contribution is -2.40. The van der Waals surface area contributed by atoms with Gasteiger partial charge in [0.25, 0.3) is 0 Å². The molecule has 1 fully saturated rings. The first kappa shape index (κ1) is 11.2. The number of hydrogen-bond acceptors (Lipinski definition) is 2. The molecule has 0 unspecified atom stereocenters. The van der Waals surface area contributed by atoms with Gasteiger partial charge in [0.05, 0.1) is 13.2 Å². The van der Waals surface area contributed by atoms with Crippen molar-refractivity contribution < 1.29 is 9.47 Å². The molecule has 1 aliphatic carbocycles. The third-order valence-corrected chi connectivity index (χ3v) is 3.13. The Labute approximate surface area is 92.6 Å². The van der Waals surface area contributed by atoms with Gasteiger partial charge >= 0.3 is 0 Å². The van der Waals surface area contributed by atoms with Crippen LogP contribution in [0.25, 0.3) is 0 Å². The fraction of sp³-hybridized carbons (Fsp3) is 0.846. The van der Waals surface area contributed by atoms with Gasteiger partial charge in [0.2, 0.25) is 5.79 Å². The molecule has 0 N–H and O–H groups in total. The van der Waals surface area contributed by atoms with Crippen LogP contribution >= 0.6 is 0 Å².